The minimum absolute atomic E-state index is 0.281. The summed E-state index contributed by atoms with van der Waals surface area (Å²) in [6, 6.07) is 5.93. The first-order valence-corrected chi connectivity index (χ1v) is 7.99. The molecular formula is C18H25N3O2. The summed E-state index contributed by atoms with van der Waals surface area (Å²) in [6.45, 7) is 1.02. The van der Waals surface area contributed by atoms with E-state index in [1.54, 1.807) is 14.2 Å². The van der Waals surface area contributed by atoms with E-state index in [0.717, 1.165) is 29.9 Å². The normalized spacial score (nSPS) is 15.1. The molecule has 2 N–H and O–H groups in total. The van der Waals surface area contributed by atoms with Crippen LogP contribution in [0.5, 0.6) is 11.5 Å². The summed E-state index contributed by atoms with van der Waals surface area (Å²) < 4.78 is 11.7. The highest BCUT2D eigenvalue weighted by atomic mass is 16.5. The van der Waals surface area contributed by atoms with Crippen LogP contribution in [0.15, 0.2) is 23.2 Å². The molecule has 1 aromatic rings. The molecule has 1 aromatic carbocycles. The van der Waals surface area contributed by atoms with Crippen LogP contribution in [-0.2, 0) is 6.54 Å². The number of benzene rings is 1. The van der Waals surface area contributed by atoms with E-state index in [0.29, 0.717) is 19.0 Å². The van der Waals surface area contributed by atoms with Crippen molar-refractivity contribution in [3.05, 3.63) is 23.8 Å². The van der Waals surface area contributed by atoms with Gasteiger partial charge in [-0.2, -0.15) is 0 Å². The number of methoxy groups -OCH3 is 1. The SMILES string of the molecule is C#CCNC(=NC)NCc1cccc(OC)c1OC1CCCC1. The van der Waals surface area contributed by atoms with Crippen LogP contribution in [0, 0.1) is 12.3 Å². The number of guanidine groups is 1. The molecule has 1 fully saturated rings. The van der Waals surface area contributed by atoms with Gasteiger partial charge in [-0.05, 0) is 31.7 Å². The number of nitrogens with one attached hydrogen (secondary N) is 2. The predicted molar refractivity (Wildman–Crippen MR) is 92.9 cm³/mol. The number of nitrogens with zero attached hydrogens (tertiary/aromatic N) is 1. The molecule has 5 heteroatoms. The van der Waals surface area contributed by atoms with Gasteiger partial charge in [-0.15, -0.1) is 6.42 Å². The molecule has 124 valence electrons. The van der Waals surface area contributed by atoms with E-state index in [1.807, 2.05) is 18.2 Å². The zero-order chi connectivity index (χ0) is 16.5. The lowest BCUT2D eigenvalue weighted by Gasteiger charge is -2.20. The van der Waals surface area contributed by atoms with Crippen LogP contribution in [0.1, 0.15) is 31.2 Å². The Kier molecular flexibility index (Phi) is 6.61. The maximum Gasteiger partial charge on any atom is 0.192 e. The van der Waals surface area contributed by atoms with Gasteiger partial charge >= 0.3 is 0 Å². The van der Waals surface area contributed by atoms with Gasteiger partial charge in [-0.1, -0.05) is 18.1 Å². The Bertz CT molecular complexity index is 572. The third-order valence-electron chi connectivity index (χ3n) is 3.89. The number of para-hydroxylation sites is 1. The first kappa shape index (κ1) is 17.0. The molecule has 0 unspecified atom stereocenters. The van der Waals surface area contributed by atoms with Gasteiger partial charge < -0.3 is 20.1 Å². The van der Waals surface area contributed by atoms with Crippen LogP contribution in [0.3, 0.4) is 0 Å². The Morgan fingerprint density at radius 1 is 1.35 bits per heavy atom. The summed E-state index contributed by atoms with van der Waals surface area (Å²) in [5.74, 6) is 4.78. The molecule has 0 aliphatic heterocycles. The third kappa shape index (κ3) is 4.82. The Balaban J connectivity index is 2.09. The molecule has 2 rings (SSSR count). The van der Waals surface area contributed by atoms with Gasteiger partial charge in [0.05, 0.1) is 19.8 Å². The van der Waals surface area contributed by atoms with E-state index in [9.17, 15) is 0 Å². The summed E-state index contributed by atoms with van der Waals surface area (Å²) in [6.07, 6.45) is 10.2. The second kappa shape index (κ2) is 8.94. The summed E-state index contributed by atoms with van der Waals surface area (Å²) in [4.78, 5) is 4.14. The van der Waals surface area contributed by atoms with Gasteiger partial charge in [0.1, 0.15) is 0 Å². The van der Waals surface area contributed by atoms with Gasteiger partial charge in [-0.3, -0.25) is 4.99 Å². The molecule has 1 saturated carbocycles. The van der Waals surface area contributed by atoms with E-state index >= 15 is 0 Å². The van der Waals surface area contributed by atoms with Crippen molar-refractivity contribution in [3.63, 3.8) is 0 Å². The lowest BCUT2D eigenvalue weighted by molar-refractivity contribution is 0.198. The van der Waals surface area contributed by atoms with E-state index in [4.69, 9.17) is 15.9 Å². The lowest BCUT2D eigenvalue weighted by atomic mass is 10.1. The molecular weight excluding hydrogens is 290 g/mol. The van der Waals surface area contributed by atoms with Gasteiger partial charge in [-0.25, -0.2) is 0 Å². The van der Waals surface area contributed by atoms with Crippen LogP contribution in [-0.4, -0.2) is 32.8 Å². The van der Waals surface area contributed by atoms with Crippen molar-refractivity contribution < 1.29 is 9.47 Å². The smallest absolute Gasteiger partial charge is 0.192 e. The van der Waals surface area contributed by atoms with Gasteiger partial charge in [0, 0.05) is 19.2 Å². The van der Waals surface area contributed by atoms with Crippen LogP contribution < -0.4 is 20.1 Å². The highest BCUT2D eigenvalue weighted by molar-refractivity contribution is 5.79. The molecule has 0 heterocycles. The van der Waals surface area contributed by atoms with Gasteiger partial charge in [0.25, 0.3) is 0 Å². The zero-order valence-corrected chi connectivity index (χ0v) is 13.9. The zero-order valence-electron chi connectivity index (χ0n) is 13.9. The Morgan fingerprint density at radius 2 is 2.13 bits per heavy atom. The molecule has 0 aromatic heterocycles. The Hall–Kier alpha value is -2.35. The summed E-state index contributed by atoms with van der Waals surface area (Å²) in [5.41, 5.74) is 1.04. The average Bonchev–Trinajstić information content (AvgIpc) is 3.09. The number of ether oxygens (including phenoxy) is 2. The molecule has 0 spiro atoms. The summed E-state index contributed by atoms with van der Waals surface area (Å²) >= 11 is 0. The number of hydrogen-bond donors (Lipinski definition) is 2. The van der Waals surface area contributed by atoms with Gasteiger partial charge in [0.15, 0.2) is 17.5 Å². The van der Waals surface area contributed by atoms with E-state index in [-0.39, 0.29) is 6.10 Å². The molecule has 0 radical (unpaired) electrons. The monoisotopic (exact) mass is 315 g/mol. The van der Waals surface area contributed by atoms with Crippen LogP contribution in [0.25, 0.3) is 0 Å². The van der Waals surface area contributed by atoms with E-state index < -0.39 is 0 Å². The molecule has 23 heavy (non-hydrogen) atoms. The lowest BCUT2D eigenvalue weighted by Crippen LogP contribution is -2.37. The highest BCUT2D eigenvalue weighted by Crippen LogP contribution is 2.34. The molecule has 5 nitrogen and oxygen atoms in total. The topological polar surface area (TPSA) is 54.9 Å². The second-order valence-corrected chi connectivity index (χ2v) is 5.46. The van der Waals surface area contributed by atoms with Crippen molar-refractivity contribution in [1.29, 1.82) is 0 Å². The maximum atomic E-state index is 6.22. The largest absolute Gasteiger partial charge is 0.493 e. The van der Waals surface area contributed by atoms with Crippen molar-refractivity contribution in [2.24, 2.45) is 4.99 Å². The maximum absolute atomic E-state index is 6.22. The second-order valence-electron chi connectivity index (χ2n) is 5.46. The van der Waals surface area contributed by atoms with Crippen molar-refractivity contribution in [2.45, 2.75) is 38.3 Å². The quantitative estimate of drug-likeness (QED) is 0.480. The molecule has 0 amide bonds. The fourth-order valence-electron chi connectivity index (χ4n) is 2.70. The minimum atomic E-state index is 0.281. The first-order valence-electron chi connectivity index (χ1n) is 7.99. The predicted octanol–water partition coefficient (Wildman–Crippen LogP) is 2.31. The van der Waals surface area contributed by atoms with Crippen LogP contribution >= 0.6 is 0 Å². The van der Waals surface area contributed by atoms with E-state index in [2.05, 4.69) is 21.5 Å². The minimum Gasteiger partial charge on any atom is -0.493 e. The molecule has 0 saturated heterocycles. The number of rotatable bonds is 6. The number of aliphatic imine (C=N–C) groups is 1. The standard InChI is InChI=1S/C18H25N3O2/c1-4-12-20-18(19-2)21-13-14-8-7-11-16(22-3)17(14)23-15-9-5-6-10-15/h1,7-8,11,15H,5-6,9-10,12-13H2,2-3H3,(H2,19,20,21). The number of terminal acetylenes is 1. The summed E-state index contributed by atoms with van der Waals surface area (Å²) in [5, 5.41) is 6.29. The fourth-order valence-corrected chi connectivity index (χ4v) is 2.70. The van der Waals surface area contributed by atoms with Crippen molar-refractivity contribution in [2.75, 3.05) is 20.7 Å². The molecule has 0 bridgehead atoms. The average molecular weight is 315 g/mol. The molecule has 1 aliphatic rings. The van der Waals surface area contributed by atoms with Crippen LogP contribution in [0.2, 0.25) is 0 Å². The Labute approximate surface area is 138 Å². The molecule has 1 aliphatic carbocycles. The van der Waals surface area contributed by atoms with E-state index in [1.165, 1.54) is 12.8 Å². The van der Waals surface area contributed by atoms with Crippen LogP contribution in [0.4, 0.5) is 0 Å². The Morgan fingerprint density at radius 3 is 2.78 bits per heavy atom. The fraction of sp³-hybridized carbons (Fsp3) is 0.500. The number of hydrogen-bond acceptors (Lipinski definition) is 3. The van der Waals surface area contributed by atoms with Crippen molar-refractivity contribution in [1.82, 2.24) is 10.6 Å². The van der Waals surface area contributed by atoms with Gasteiger partial charge in [0.2, 0.25) is 0 Å². The summed E-state index contributed by atoms with van der Waals surface area (Å²) in [7, 11) is 3.38. The molecule has 0 atom stereocenters. The first-order chi connectivity index (χ1) is 11.3. The highest BCUT2D eigenvalue weighted by Gasteiger charge is 2.20. The van der Waals surface area contributed by atoms with Crippen molar-refractivity contribution >= 4 is 5.96 Å². The van der Waals surface area contributed by atoms with Crippen molar-refractivity contribution in [3.8, 4) is 23.8 Å². The third-order valence-corrected chi connectivity index (χ3v) is 3.89.